The summed E-state index contributed by atoms with van der Waals surface area (Å²) in [5, 5.41) is 2.91. The second kappa shape index (κ2) is 8.22. The normalized spacial score (nSPS) is 16.9. The van der Waals surface area contributed by atoms with E-state index in [1.165, 1.54) is 0 Å². The third-order valence-electron chi connectivity index (χ3n) is 4.67. The average Bonchev–Trinajstić information content (AvgIpc) is 2.66. The van der Waals surface area contributed by atoms with Gasteiger partial charge in [0.15, 0.2) is 0 Å². The first-order chi connectivity index (χ1) is 13.0. The number of hydrogen-bond acceptors (Lipinski definition) is 4. The van der Waals surface area contributed by atoms with Crippen molar-refractivity contribution in [1.82, 2.24) is 4.90 Å². The third-order valence-corrected chi connectivity index (χ3v) is 4.67. The van der Waals surface area contributed by atoms with Gasteiger partial charge in [0.05, 0.1) is 13.7 Å². The first-order valence-electron chi connectivity index (χ1n) is 8.86. The number of anilines is 1. The number of nitrogens with one attached hydrogen (secondary N) is 1. The van der Waals surface area contributed by atoms with Crippen LogP contribution in [0, 0.1) is 13.8 Å². The fourth-order valence-electron chi connectivity index (χ4n) is 3.03. The number of methoxy groups -OCH3 is 1. The van der Waals surface area contributed by atoms with E-state index in [4.69, 9.17) is 9.47 Å². The molecule has 0 bridgehead atoms. The highest BCUT2D eigenvalue weighted by Gasteiger charge is 2.34. The summed E-state index contributed by atoms with van der Waals surface area (Å²) in [6, 6.07) is 12.7. The molecule has 1 fully saturated rings. The van der Waals surface area contributed by atoms with E-state index in [1.54, 1.807) is 24.1 Å². The van der Waals surface area contributed by atoms with Gasteiger partial charge in [-0.15, -0.1) is 0 Å². The van der Waals surface area contributed by atoms with Crippen molar-refractivity contribution in [2.24, 2.45) is 0 Å². The lowest BCUT2D eigenvalue weighted by molar-refractivity contribution is -0.154. The van der Waals surface area contributed by atoms with Gasteiger partial charge >= 0.3 is 0 Å². The SMILES string of the molecule is COc1ccc(NC(=O)[C@@H]2COCC(=O)N2Cc2ccc(C)cc2)c(C)c1. The lowest BCUT2D eigenvalue weighted by Crippen LogP contribution is -2.54. The Bertz CT molecular complexity index is 833. The summed E-state index contributed by atoms with van der Waals surface area (Å²) in [6.07, 6.45) is 0. The van der Waals surface area contributed by atoms with Gasteiger partial charge in [-0.3, -0.25) is 9.59 Å². The molecular formula is C21H24N2O4. The molecule has 1 aliphatic rings. The number of morpholine rings is 1. The molecule has 1 saturated heterocycles. The zero-order valence-corrected chi connectivity index (χ0v) is 15.8. The summed E-state index contributed by atoms with van der Waals surface area (Å²) in [5.74, 6) is 0.277. The summed E-state index contributed by atoms with van der Waals surface area (Å²) < 4.78 is 10.5. The molecule has 142 valence electrons. The van der Waals surface area contributed by atoms with E-state index in [9.17, 15) is 9.59 Å². The van der Waals surface area contributed by atoms with Gasteiger partial charge in [0.1, 0.15) is 18.4 Å². The smallest absolute Gasteiger partial charge is 0.249 e. The number of nitrogens with zero attached hydrogens (tertiary/aromatic N) is 1. The number of rotatable bonds is 5. The summed E-state index contributed by atoms with van der Waals surface area (Å²) in [7, 11) is 1.60. The molecule has 0 spiro atoms. The fourth-order valence-corrected chi connectivity index (χ4v) is 3.03. The number of carbonyl (C=O) groups is 2. The highest BCUT2D eigenvalue weighted by molar-refractivity contribution is 5.98. The molecule has 1 atom stereocenters. The summed E-state index contributed by atoms with van der Waals surface area (Å²) in [6.45, 7) is 4.46. The first-order valence-corrected chi connectivity index (χ1v) is 8.86. The van der Waals surface area contributed by atoms with E-state index >= 15 is 0 Å². The molecule has 0 saturated carbocycles. The molecular weight excluding hydrogens is 344 g/mol. The van der Waals surface area contributed by atoms with Gasteiger partial charge in [-0.05, 0) is 43.2 Å². The molecule has 0 aromatic heterocycles. The molecule has 0 radical (unpaired) electrons. The van der Waals surface area contributed by atoms with Gasteiger partial charge < -0.3 is 19.7 Å². The number of amides is 2. The second-order valence-corrected chi connectivity index (χ2v) is 6.71. The van der Waals surface area contributed by atoms with E-state index in [-0.39, 0.29) is 25.0 Å². The van der Waals surface area contributed by atoms with Crippen LogP contribution in [-0.2, 0) is 20.9 Å². The Morgan fingerprint density at radius 3 is 2.63 bits per heavy atom. The molecule has 2 aromatic carbocycles. The molecule has 2 aromatic rings. The van der Waals surface area contributed by atoms with E-state index in [0.717, 1.165) is 22.4 Å². The quantitative estimate of drug-likeness (QED) is 0.881. The highest BCUT2D eigenvalue weighted by Crippen LogP contribution is 2.22. The topological polar surface area (TPSA) is 67.9 Å². The molecule has 1 N–H and O–H groups in total. The van der Waals surface area contributed by atoms with Crippen molar-refractivity contribution >= 4 is 17.5 Å². The molecule has 6 nitrogen and oxygen atoms in total. The lowest BCUT2D eigenvalue weighted by atomic mass is 10.1. The first kappa shape index (κ1) is 18.9. The molecule has 6 heteroatoms. The van der Waals surface area contributed by atoms with Crippen LogP contribution in [0.4, 0.5) is 5.69 Å². The maximum Gasteiger partial charge on any atom is 0.249 e. The summed E-state index contributed by atoms with van der Waals surface area (Å²) in [5.41, 5.74) is 3.70. The molecule has 0 aliphatic carbocycles. The minimum absolute atomic E-state index is 0.00277. The van der Waals surface area contributed by atoms with Crippen molar-refractivity contribution in [2.45, 2.75) is 26.4 Å². The molecule has 1 aliphatic heterocycles. The number of aryl methyl sites for hydroxylation is 2. The Labute approximate surface area is 159 Å². The van der Waals surface area contributed by atoms with Gasteiger partial charge in [-0.2, -0.15) is 0 Å². The zero-order valence-electron chi connectivity index (χ0n) is 15.8. The van der Waals surface area contributed by atoms with Crippen molar-refractivity contribution in [3.63, 3.8) is 0 Å². The standard InChI is InChI=1S/C21H24N2O4/c1-14-4-6-16(7-5-14)11-23-19(12-27-13-20(23)24)21(25)22-18-9-8-17(26-3)10-15(18)2/h4-10,19H,11-13H2,1-3H3,(H,22,25)/t19-/m0/s1. The van der Waals surface area contributed by atoms with Crippen molar-refractivity contribution in [3.8, 4) is 5.75 Å². The maximum absolute atomic E-state index is 12.9. The fraction of sp³-hybridized carbons (Fsp3) is 0.333. The monoisotopic (exact) mass is 368 g/mol. The largest absolute Gasteiger partial charge is 0.497 e. The van der Waals surface area contributed by atoms with Gasteiger partial charge in [0.25, 0.3) is 0 Å². The van der Waals surface area contributed by atoms with Crippen molar-refractivity contribution in [1.29, 1.82) is 0 Å². The molecule has 2 amide bonds. The minimum Gasteiger partial charge on any atom is -0.497 e. The lowest BCUT2D eigenvalue weighted by Gasteiger charge is -2.34. The second-order valence-electron chi connectivity index (χ2n) is 6.71. The average molecular weight is 368 g/mol. The van der Waals surface area contributed by atoms with Gasteiger partial charge in [-0.1, -0.05) is 29.8 Å². The Morgan fingerprint density at radius 2 is 1.96 bits per heavy atom. The Morgan fingerprint density at radius 1 is 1.22 bits per heavy atom. The van der Waals surface area contributed by atoms with Crippen LogP contribution in [-0.4, -0.2) is 43.1 Å². The Kier molecular flexibility index (Phi) is 5.76. The van der Waals surface area contributed by atoms with Crippen LogP contribution in [0.2, 0.25) is 0 Å². The van der Waals surface area contributed by atoms with Gasteiger partial charge in [0.2, 0.25) is 11.8 Å². The van der Waals surface area contributed by atoms with Crippen LogP contribution in [0.3, 0.4) is 0 Å². The molecule has 0 unspecified atom stereocenters. The maximum atomic E-state index is 12.9. The van der Waals surface area contributed by atoms with Crippen LogP contribution in [0.15, 0.2) is 42.5 Å². The minimum atomic E-state index is -0.672. The summed E-state index contributed by atoms with van der Waals surface area (Å²) in [4.78, 5) is 26.8. The Hall–Kier alpha value is -2.86. The van der Waals surface area contributed by atoms with Crippen LogP contribution in [0.1, 0.15) is 16.7 Å². The number of carbonyl (C=O) groups excluding carboxylic acids is 2. The summed E-state index contributed by atoms with van der Waals surface area (Å²) >= 11 is 0. The molecule has 1 heterocycles. The van der Waals surface area contributed by atoms with Gasteiger partial charge in [-0.25, -0.2) is 0 Å². The van der Waals surface area contributed by atoms with Crippen LogP contribution >= 0.6 is 0 Å². The molecule has 3 rings (SSSR count). The number of hydrogen-bond donors (Lipinski definition) is 1. The third kappa shape index (κ3) is 4.46. The Balaban J connectivity index is 1.76. The van der Waals surface area contributed by atoms with Gasteiger partial charge in [0, 0.05) is 12.2 Å². The molecule has 27 heavy (non-hydrogen) atoms. The van der Waals surface area contributed by atoms with Crippen molar-refractivity contribution in [2.75, 3.05) is 25.6 Å². The van der Waals surface area contributed by atoms with Crippen LogP contribution in [0.25, 0.3) is 0 Å². The van der Waals surface area contributed by atoms with Crippen LogP contribution < -0.4 is 10.1 Å². The van der Waals surface area contributed by atoms with E-state index in [0.29, 0.717) is 12.2 Å². The van der Waals surface area contributed by atoms with E-state index < -0.39 is 6.04 Å². The highest BCUT2D eigenvalue weighted by atomic mass is 16.5. The van der Waals surface area contributed by atoms with Crippen LogP contribution in [0.5, 0.6) is 5.75 Å². The zero-order chi connectivity index (χ0) is 19.4. The predicted molar refractivity (Wildman–Crippen MR) is 103 cm³/mol. The van der Waals surface area contributed by atoms with Crippen molar-refractivity contribution < 1.29 is 19.1 Å². The number of benzene rings is 2. The number of ether oxygens (including phenoxy) is 2. The van der Waals surface area contributed by atoms with E-state index in [2.05, 4.69) is 5.32 Å². The predicted octanol–water partition coefficient (Wildman–Crippen LogP) is 2.68. The van der Waals surface area contributed by atoms with Crippen molar-refractivity contribution in [3.05, 3.63) is 59.2 Å². The van der Waals surface area contributed by atoms with E-state index in [1.807, 2.05) is 44.2 Å².